The molecule has 0 spiro atoms. The number of rotatable bonds is 5. The zero-order chi connectivity index (χ0) is 16.2. The summed E-state index contributed by atoms with van der Waals surface area (Å²) in [7, 11) is 1.92. The van der Waals surface area contributed by atoms with Gasteiger partial charge in [-0.05, 0) is 42.9 Å². The van der Waals surface area contributed by atoms with E-state index in [4.69, 9.17) is 0 Å². The Kier molecular flexibility index (Phi) is 4.82. The molecule has 23 heavy (non-hydrogen) atoms. The largest absolute Gasteiger partial charge is 0.396 e. The van der Waals surface area contributed by atoms with E-state index in [1.807, 2.05) is 41.0 Å². The topological polar surface area (TPSA) is 45.5 Å². The standard InChI is InChI=1S/C19H24N2O2/c1-20-12-10-16(14-20)19(23)21(11-5-13-22)18-9-4-7-15-6-2-3-8-17(15)18/h2-3,6,8,10,12,14,18,22H,4-5,7,9,11,13H2,1H3. The van der Waals surface area contributed by atoms with Gasteiger partial charge in [0.1, 0.15) is 0 Å². The van der Waals surface area contributed by atoms with Crippen molar-refractivity contribution in [3.8, 4) is 0 Å². The van der Waals surface area contributed by atoms with Crippen LogP contribution in [-0.4, -0.2) is 33.6 Å². The van der Waals surface area contributed by atoms with E-state index in [1.54, 1.807) is 0 Å². The number of carbonyl (C=O) groups is 1. The minimum Gasteiger partial charge on any atom is -0.396 e. The third-order valence-electron chi connectivity index (χ3n) is 4.61. The lowest BCUT2D eigenvalue weighted by Crippen LogP contribution is -2.37. The summed E-state index contributed by atoms with van der Waals surface area (Å²) in [5, 5.41) is 9.22. The molecular formula is C19H24N2O2. The van der Waals surface area contributed by atoms with Gasteiger partial charge in [-0.25, -0.2) is 0 Å². The molecule has 0 saturated carbocycles. The molecule has 0 saturated heterocycles. The maximum atomic E-state index is 13.0. The van der Waals surface area contributed by atoms with E-state index in [2.05, 4.69) is 18.2 Å². The second-order valence-electron chi connectivity index (χ2n) is 6.25. The van der Waals surface area contributed by atoms with Crippen molar-refractivity contribution in [3.05, 3.63) is 59.4 Å². The van der Waals surface area contributed by atoms with Crippen LogP contribution in [0.25, 0.3) is 0 Å². The average molecular weight is 312 g/mol. The maximum Gasteiger partial charge on any atom is 0.255 e. The van der Waals surface area contributed by atoms with Crippen molar-refractivity contribution in [2.45, 2.75) is 31.7 Å². The molecule has 0 bridgehead atoms. The highest BCUT2D eigenvalue weighted by atomic mass is 16.3. The normalized spacial score (nSPS) is 16.9. The van der Waals surface area contributed by atoms with Gasteiger partial charge >= 0.3 is 0 Å². The molecule has 1 amide bonds. The Balaban J connectivity index is 1.92. The fourth-order valence-electron chi connectivity index (χ4n) is 3.49. The summed E-state index contributed by atoms with van der Waals surface area (Å²) in [5.41, 5.74) is 3.33. The molecule has 122 valence electrons. The summed E-state index contributed by atoms with van der Waals surface area (Å²) in [4.78, 5) is 15.0. The fourth-order valence-corrected chi connectivity index (χ4v) is 3.49. The summed E-state index contributed by atoms with van der Waals surface area (Å²) in [6.07, 6.45) is 7.53. The van der Waals surface area contributed by atoms with Gasteiger partial charge in [0.05, 0.1) is 11.6 Å². The highest BCUT2D eigenvalue weighted by molar-refractivity contribution is 5.94. The Bertz CT molecular complexity index is 678. The Hall–Kier alpha value is -2.07. The fraction of sp³-hybridized carbons (Fsp3) is 0.421. The molecule has 0 radical (unpaired) electrons. The van der Waals surface area contributed by atoms with Crippen molar-refractivity contribution >= 4 is 5.91 Å². The van der Waals surface area contributed by atoms with Crippen LogP contribution in [0.2, 0.25) is 0 Å². The SMILES string of the molecule is Cn1ccc(C(=O)N(CCCO)C2CCCc3ccccc32)c1. The summed E-state index contributed by atoms with van der Waals surface area (Å²) >= 11 is 0. The van der Waals surface area contributed by atoms with Gasteiger partial charge in [-0.15, -0.1) is 0 Å². The highest BCUT2D eigenvalue weighted by Crippen LogP contribution is 2.35. The van der Waals surface area contributed by atoms with Gasteiger partial charge in [0.15, 0.2) is 0 Å². The lowest BCUT2D eigenvalue weighted by atomic mass is 9.86. The molecule has 0 aliphatic heterocycles. The quantitative estimate of drug-likeness (QED) is 0.922. The van der Waals surface area contributed by atoms with Crippen molar-refractivity contribution in [2.24, 2.45) is 7.05 Å². The lowest BCUT2D eigenvalue weighted by molar-refractivity contribution is 0.0642. The molecule has 1 unspecified atom stereocenters. The van der Waals surface area contributed by atoms with Crippen LogP contribution in [0.4, 0.5) is 0 Å². The van der Waals surface area contributed by atoms with Gasteiger partial charge in [0.25, 0.3) is 5.91 Å². The third-order valence-corrected chi connectivity index (χ3v) is 4.61. The smallest absolute Gasteiger partial charge is 0.255 e. The molecule has 1 heterocycles. The van der Waals surface area contributed by atoms with E-state index in [1.165, 1.54) is 11.1 Å². The minimum absolute atomic E-state index is 0.0563. The second-order valence-corrected chi connectivity index (χ2v) is 6.25. The van der Waals surface area contributed by atoms with Gasteiger partial charge in [0, 0.05) is 32.6 Å². The van der Waals surface area contributed by atoms with E-state index in [9.17, 15) is 9.90 Å². The van der Waals surface area contributed by atoms with Crippen molar-refractivity contribution in [1.82, 2.24) is 9.47 Å². The van der Waals surface area contributed by atoms with Crippen LogP contribution in [0, 0.1) is 0 Å². The minimum atomic E-state index is 0.0563. The predicted molar refractivity (Wildman–Crippen MR) is 90.3 cm³/mol. The molecular weight excluding hydrogens is 288 g/mol. The van der Waals surface area contributed by atoms with E-state index < -0.39 is 0 Å². The lowest BCUT2D eigenvalue weighted by Gasteiger charge is -2.36. The molecule has 1 N–H and O–H groups in total. The number of aryl methyl sites for hydroxylation is 2. The van der Waals surface area contributed by atoms with E-state index in [0.29, 0.717) is 18.5 Å². The zero-order valence-corrected chi connectivity index (χ0v) is 13.6. The molecule has 1 aromatic heterocycles. The first-order chi connectivity index (χ1) is 11.2. The number of aliphatic hydroxyl groups excluding tert-OH is 1. The number of aromatic nitrogens is 1. The second kappa shape index (κ2) is 7.01. The van der Waals surface area contributed by atoms with E-state index in [0.717, 1.165) is 19.3 Å². The Morgan fingerprint density at radius 2 is 2.17 bits per heavy atom. The average Bonchev–Trinajstić information content (AvgIpc) is 3.01. The van der Waals surface area contributed by atoms with Gasteiger partial charge in [-0.2, -0.15) is 0 Å². The molecule has 0 fully saturated rings. The number of nitrogens with zero attached hydrogens (tertiary/aromatic N) is 2. The number of aliphatic hydroxyl groups is 1. The molecule has 2 aromatic rings. The van der Waals surface area contributed by atoms with E-state index in [-0.39, 0.29) is 18.6 Å². The molecule has 1 aromatic carbocycles. The molecule has 4 heteroatoms. The van der Waals surface area contributed by atoms with E-state index >= 15 is 0 Å². The van der Waals surface area contributed by atoms with Crippen LogP contribution in [0.1, 0.15) is 46.8 Å². The Labute approximate surface area is 137 Å². The number of amides is 1. The predicted octanol–water partition coefficient (Wildman–Crippen LogP) is 2.93. The van der Waals surface area contributed by atoms with Gasteiger partial charge < -0.3 is 14.6 Å². The third kappa shape index (κ3) is 3.32. The number of carbonyl (C=O) groups excluding carboxylic acids is 1. The summed E-state index contributed by atoms with van der Waals surface area (Å²) in [6.45, 7) is 0.691. The van der Waals surface area contributed by atoms with Crippen LogP contribution in [-0.2, 0) is 13.5 Å². The number of benzene rings is 1. The van der Waals surface area contributed by atoms with Crippen molar-refractivity contribution in [1.29, 1.82) is 0 Å². The first-order valence-corrected chi connectivity index (χ1v) is 8.32. The Morgan fingerprint density at radius 3 is 2.91 bits per heavy atom. The summed E-state index contributed by atoms with van der Waals surface area (Å²) in [6, 6.07) is 10.4. The van der Waals surface area contributed by atoms with Crippen molar-refractivity contribution in [3.63, 3.8) is 0 Å². The Morgan fingerprint density at radius 1 is 1.35 bits per heavy atom. The van der Waals surface area contributed by atoms with Crippen molar-refractivity contribution < 1.29 is 9.90 Å². The van der Waals surface area contributed by atoms with Crippen molar-refractivity contribution in [2.75, 3.05) is 13.2 Å². The summed E-state index contributed by atoms with van der Waals surface area (Å²) < 4.78 is 1.90. The van der Waals surface area contributed by atoms with Crippen LogP contribution < -0.4 is 0 Å². The van der Waals surface area contributed by atoms with Crippen LogP contribution >= 0.6 is 0 Å². The maximum absolute atomic E-state index is 13.0. The van der Waals surface area contributed by atoms with Gasteiger partial charge in [-0.1, -0.05) is 24.3 Å². The summed E-state index contributed by atoms with van der Waals surface area (Å²) in [5.74, 6) is 0.0563. The zero-order valence-electron chi connectivity index (χ0n) is 13.6. The first-order valence-electron chi connectivity index (χ1n) is 8.32. The molecule has 4 nitrogen and oxygen atoms in total. The first kappa shape index (κ1) is 15.8. The molecule has 1 atom stereocenters. The monoisotopic (exact) mass is 312 g/mol. The van der Waals surface area contributed by atoms with Gasteiger partial charge in [-0.3, -0.25) is 4.79 Å². The van der Waals surface area contributed by atoms with Crippen LogP contribution in [0.15, 0.2) is 42.7 Å². The number of hydrogen-bond donors (Lipinski definition) is 1. The van der Waals surface area contributed by atoms with Crippen LogP contribution in [0.3, 0.4) is 0 Å². The molecule has 1 aliphatic rings. The number of hydrogen-bond acceptors (Lipinski definition) is 2. The number of fused-ring (bicyclic) bond motifs is 1. The molecule has 1 aliphatic carbocycles. The van der Waals surface area contributed by atoms with Gasteiger partial charge in [0.2, 0.25) is 0 Å². The molecule has 3 rings (SSSR count). The highest BCUT2D eigenvalue weighted by Gasteiger charge is 2.29. The van der Waals surface area contributed by atoms with Crippen LogP contribution in [0.5, 0.6) is 0 Å².